The Bertz CT molecular complexity index is 1060. The third-order valence-corrected chi connectivity index (χ3v) is 6.51. The molecule has 0 radical (unpaired) electrons. The Morgan fingerprint density at radius 1 is 0.824 bits per heavy atom. The van der Waals surface area contributed by atoms with Gasteiger partial charge in [-0.25, -0.2) is 0 Å². The van der Waals surface area contributed by atoms with E-state index < -0.39 is 6.04 Å². The maximum Gasteiger partial charge on any atom is 0.254 e. The van der Waals surface area contributed by atoms with E-state index in [1.165, 1.54) is 6.42 Å². The highest BCUT2D eigenvalue weighted by molar-refractivity contribution is 5.95. The van der Waals surface area contributed by atoms with Crippen molar-refractivity contribution >= 4 is 17.5 Å². The van der Waals surface area contributed by atoms with E-state index >= 15 is 0 Å². The maximum atomic E-state index is 13.3. The molecular formula is C29H33N3O2. The molecule has 1 saturated carbocycles. The predicted molar refractivity (Wildman–Crippen MR) is 136 cm³/mol. The van der Waals surface area contributed by atoms with Gasteiger partial charge in [-0.2, -0.15) is 0 Å². The molecule has 3 aromatic rings. The Kier molecular flexibility index (Phi) is 8.10. The Balaban J connectivity index is 1.40. The molecule has 4 rings (SSSR count). The van der Waals surface area contributed by atoms with E-state index in [0.717, 1.165) is 42.4 Å². The summed E-state index contributed by atoms with van der Waals surface area (Å²) in [6.45, 7) is 0.556. The van der Waals surface area contributed by atoms with Crippen LogP contribution in [0.5, 0.6) is 0 Å². The minimum Gasteiger partial charge on any atom is -0.331 e. The highest BCUT2D eigenvalue weighted by Gasteiger charge is 2.26. The van der Waals surface area contributed by atoms with Crippen LogP contribution in [0.2, 0.25) is 0 Å². The molecule has 2 amide bonds. The quantitative estimate of drug-likeness (QED) is 0.492. The smallest absolute Gasteiger partial charge is 0.254 e. The van der Waals surface area contributed by atoms with Gasteiger partial charge in [0.25, 0.3) is 5.91 Å². The van der Waals surface area contributed by atoms with Gasteiger partial charge >= 0.3 is 0 Å². The molecule has 0 unspecified atom stereocenters. The number of rotatable bonds is 8. The van der Waals surface area contributed by atoms with E-state index in [9.17, 15) is 9.59 Å². The molecule has 0 spiro atoms. The summed E-state index contributed by atoms with van der Waals surface area (Å²) in [6, 6.07) is 26.7. The van der Waals surface area contributed by atoms with Crippen LogP contribution in [-0.4, -0.2) is 28.8 Å². The van der Waals surface area contributed by atoms with Crippen molar-refractivity contribution in [2.75, 3.05) is 5.32 Å². The fourth-order valence-corrected chi connectivity index (χ4v) is 4.59. The molecule has 176 valence electrons. The zero-order valence-corrected chi connectivity index (χ0v) is 19.5. The van der Waals surface area contributed by atoms with Crippen molar-refractivity contribution in [3.8, 4) is 0 Å². The zero-order chi connectivity index (χ0) is 23.8. The summed E-state index contributed by atoms with van der Waals surface area (Å²) in [5, 5.41) is 2.91. The summed E-state index contributed by atoms with van der Waals surface area (Å²) in [5.41, 5.74) is 9.62. The predicted octanol–water partition coefficient (Wildman–Crippen LogP) is 5.17. The standard InChI is InChI=1S/C29H33N3O2/c30-27(20-22-10-4-1-5-11-22)28(33)31-25-18-16-23(17-19-25)21-32(26-14-8-3-9-15-26)29(34)24-12-6-2-7-13-24/h1-2,4-7,10-13,16-19,26-27H,3,8-9,14-15,20-21,30H2,(H,31,33)/t27-/m1/s1. The number of nitrogens with zero attached hydrogens (tertiary/aromatic N) is 1. The number of carbonyl (C=O) groups is 2. The van der Waals surface area contributed by atoms with Crippen LogP contribution in [0.3, 0.4) is 0 Å². The van der Waals surface area contributed by atoms with Gasteiger partial charge in [0, 0.05) is 23.8 Å². The van der Waals surface area contributed by atoms with Crippen LogP contribution >= 0.6 is 0 Å². The molecule has 1 aliphatic rings. The van der Waals surface area contributed by atoms with Crippen molar-refractivity contribution < 1.29 is 9.59 Å². The van der Waals surface area contributed by atoms with Crippen molar-refractivity contribution in [3.05, 3.63) is 102 Å². The normalized spacial score (nSPS) is 14.9. The molecule has 1 atom stereocenters. The molecule has 0 bridgehead atoms. The number of anilines is 1. The molecule has 0 heterocycles. The Labute approximate surface area is 202 Å². The summed E-state index contributed by atoms with van der Waals surface area (Å²) in [6.07, 6.45) is 6.15. The molecule has 5 heteroatoms. The second-order valence-corrected chi connectivity index (χ2v) is 9.07. The molecule has 3 aromatic carbocycles. The van der Waals surface area contributed by atoms with Crippen LogP contribution in [0.15, 0.2) is 84.9 Å². The summed E-state index contributed by atoms with van der Waals surface area (Å²) in [7, 11) is 0. The van der Waals surface area contributed by atoms with Gasteiger partial charge in [-0.3, -0.25) is 9.59 Å². The summed E-state index contributed by atoms with van der Waals surface area (Å²) in [4.78, 5) is 27.9. The number of nitrogens with two attached hydrogens (primary N) is 1. The lowest BCUT2D eigenvalue weighted by Gasteiger charge is -2.34. The van der Waals surface area contributed by atoms with Crippen LogP contribution in [0.4, 0.5) is 5.69 Å². The Morgan fingerprint density at radius 2 is 1.44 bits per heavy atom. The summed E-state index contributed by atoms with van der Waals surface area (Å²) >= 11 is 0. The molecule has 0 saturated heterocycles. The number of amides is 2. The average Bonchev–Trinajstić information content (AvgIpc) is 2.89. The second-order valence-electron chi connectivity index (χ2n) is 9.07. The first-order valence-corrected chi connectivity index (χ1v) is 12.2. The molecule has 0 aromatic heterocycles. The van der Waals surface area contributed by atoms with Crippen molar-refractivity contribution in [2.24, 2.45) is 5.73 Å². The number of hydrogen-bond acceptors (Lipinski definition) is 3. The lowest BCUT2D eigenvalue weighted by molar-refractivity contribution is -0.117. The van der Waals surface area contributed by atoms with Gasteiger partial charge in [-0.05, 0) is 54.7 Å². The first kappa shape index (κ1) is 23.7. The van der Waals surface area contributed by atoms with Crippen LogP contribution in [0, 0.1) is 0 Å². The van der Waals surface area contributed by atoms with Crippen LogP contribution in [0.25, 0.3) is 0 Å². The summed E-state index contributed by atoms with van der Waals surface area (Å²) in [5.74, 6) is -0.128. The highest BCUT2D eigenvalue weighted by Crippen LogP contribution is 2.26. The Hall–Kier alpha value is -3.44. The highest BCUT2D eigenvalue weighted by atomic mass is 16.2. The molecule has 34 heavy (non-hydrogen) atoms. The molecule has 1 aliphatic carbocycles. The molecular weight excluding hydrogens is 422 g/mol. The second kappa shape index (κ2) is 11.6. The zero-order valence-electron chi connectivity index (χ0n) is 19.5. The van der Waals surface area contributed by atoms with E-state index in [-0.39, 0.29) is 17.9 Å². The van der Waals surface area contributed by atoms with Crippen LogP contribution in [0.1, 0.15) is 53.6 Å². The SMILES string of the molecule is N[C@H](Cc1ccccc1)C(=O)Nc1ccc(CN(C(=O)c2ccccc2)C2CCCCC2)cc1. The van der Waals surface area contributed by atoms with E-state index in [4.69, 9.17) is 5.73 Å². The third kappa shape index (κ3) is 6.33. The van der Waals surface area contributed by atoms with E-state index in [2.05, 4.69) is 5.32 Å². The fraction of sp³-hybridized carbons (Fsp3) is 0.310. The van der Waals surface area contributed by atoms with E-state index in [0.29, 0.717) is 18.7 Å². The molecule has 1 fully saturated rings. The van der Waals surface area contributed by atoms with Gasteiger partial charge in [-0.1, -0.05) is 79.9 Å². The number of carbonyl (C=O) groups excluding carboxylic acids is 2. The Morgan fingerprint density at radius 3 is 2.09 bits per heavy atom. The van der Waals surface area contributed by atoms with Crippen molar-refractivity contribution in [3.63, 3.8) is 0 Å². The lowest BCUT2D eigenvalue weighted by Crippen LogP contribution is -2.41. The monoisotopic (exact) mass is 455 g/mol. The summed E-state index contributed by atoms with van der Waals surface area (Å²) < 4.78 is 0. The van der Waals surface area contributed by atoms with Gasteiger partial charge in [0.15, 0.2) is 0 Å². The van der Waals surface area contributed by atoms with E-state index in [1.807, 2.05) is 89.8 Å². The molecule has 3 N–H and O–H groups in total. The topological polar surface area (TPSA) is 75.4 Å². The third-order valence-electron chi connectivity index (χ3n) is 6.51. The van der Waals surface area contributed by atoms with Gasteiger partial charge < -0.3 is 16.0 Å². The first-order chi connectivity index (χ1) is 16.6. The van der Waals surface area contributed by atoms with Crippen LogP contribution < -0.4 is 11.1 Å². The largest absolute Gasteiger partial charge is 0.331 e. The van der Waals surface area contributed by atoms with Gasteiger partial charge in [0.2, 0.25) is 5.91 Å². The lowest BCUT2D eigenvalue weighted by atomic mass is 9.93. The number of benzene rings is 3. The minimum atomic E-state index is -0.618. The fourth-order valence-electron chi connectivity index (χ4n) is 4.59. The van der Waals surface area contributed by atoms with Crippen molar-refractivity contribution in [1.29, 1.82) is 0 Å². The number of hydrogen-bond donors (Lipinski definition) is 2. The van der Waals surface area contributed by atoms with E-state index in [1.54, 1.807) is 0 Å². The molecule has 5 nitrogen and oxygen atoms in total. The van der Waals surface area contributed by atoms with Crippen molar-refractivity contribution in [1.82, 2.24) is 4.90 Å². The van der Waals surface area contributed by atoms with Gasteiger partial charge in [0.1, 0.15) is 0 Å². The van der Waals surface area contributed by atoms with Gasteiger partial charge in [-0.15, -0.1) is 0 Å². The minimum absolute atomic E-state index is 0.0803. The molecule has 0 aliphatic heterocycles. The maximum absolute atomic E-state index is 13.3. The first-order valence-electron chi connectivity index (χ1n) is 12.2. The average molecular weight is 456 g/mol. The van der Waals surface area contributed by atoms with Gasteiger partial charge in [0.05, 0.1) is 6.04 Å². The number of nitrogens with one attached hydrogen (secondary N) is 1. The van der Waals surface area contributed by atoms with Crippen molar-refractivity contribution in [2.45, 2.75) is 57.2 Å². The van der Waals surface area contributed by atoms with Crippen LogP contribution in [-0.2, 0) is 17.8 Å².